The maximum absolute atomic E-state index is 13.2. The van der Waals surface area contributed by atoms with Crippen LogP contribution in [-0.4, -0.2) is 70.2 Å². The minimum Gasteiger partial charge on any atom is -0.350 e. The van der Waals surface area contributed by atoms with Crippen molar-refractivity contribution >= 4 is 38.7 Å². The first-order chi connectivity index (χ1) is 17.7. The summed E-state index contributed by atoms with van der Waals surface area (Å²) in [4.78, 5) is 25.7. The van der Waals surface area contributed by atoms with E-state index < -0.39 is 10.0 Å². The maximum Gasteiger partial charge on any atom is 0.251 e. The van der Waals surface area contributed by atoms with E-state index >= 15 is 0 Å². The van der Waals surface area contributed by atoms with E-state index in [4.69, 9.17) is 4.98 Å². The summed E-state index contributed by atoms with van der Waals surface area (Å²) in [5, 5.41) is 9.33. The number of nitrogens with zero attached hydrogens (tertiary/aromatic N) is 5. The van der Waals surface area contributed by atoms with E-state index in [0.29, 0.717) is 29.0 Å². The van der Waals surface area contributed by atoms with Gasteiger partial charge in [0.15, 0.2) is 5.65 Å². The number of hydrogen-bond acceptors (Lipinski definition) is 8. The van der Waals surface area contributed by atoms with Crippen molar-refractivity contribution < 1.29 is 13.2 Å². The second-order valence-corrected chi connectivity index (χ2v) is 11.5. The molecule has 4 aromatic heterocycles. The van der Waals surface area contributed by atoms with Crippen LogP contribution in [0, 0.1) is 0 Å². The Hall–Kier alpha value is -3.35. The monoisotopic (exact) mass is 541 g/mol. The number of thiophene rings is 1. The third-order valence-corrected chi connectivity index (χ3v) is 8.31. The Bertz CT molecular complexity index is 1480. The fraction of sp³-hybridized carbons (Fsp3) is 0.360. The second-order valence-electron chi connectivity index (χ2n) is 8.53. The molecule has 1 atom stereocenters. The first kappa shape index (κ1) is 26.7. The second kappa shape index (κ2) is 11.4. The highest BCUT2D eigenvalue weighted by Crippen LogP contribution is 2.28. The van der Waals surface area contributed by atoms with Crippen molar-refractivity contribution in [1.82, 2.24) is 29.8 Å². The molecular formula is C25H31N7O3S2. The summed E-state index contributed by atoms with van der Waals surface area (Å²) in [6.07, 6.45) is 3.43. The highest BCUT2D eigenvalue weighted by molar-refractivity contribution is 7.92. The number of anilines is 1. The smallest absolute Gasteiger partial charge is 0.251 e. The molecular weight excluding hydrogens is 510 g/mol. The van der Waals surface area contributed by atoms with Gasteiger partial charge in [-0.25, -0.2) is 22.9 Å². The topological polar surface area (TPSA) is 122 Å². The average molecular weight is 542 g/mol. The Labute approximate surface area is 220 Å². The number of pyridine rings is 1. The number of sulfonamides is 1. The highest BCUT2D eigenvalue weighted by atomic mass is 32.2. The summed E-state index contributed by atoms with van der Waals surface area (Å²) in [6, 6.07) is 9.06. The molecule has 12 heteroatoms. The van der Waals surface area contributed by atoms with Gasteiger partial charge in [0.2, 0.25) is 10.0 Å². The van der Waals surface area contributed by atoms with Gasteiger partial charge < -0.3 is 5.32 Å². The molecule has 0 aliphatic rings. The van der Waals surface area contributed by atoms with E-state index in [2.05, 4.69) is 45.8 Å². The number of hydrogen-bond donors (Lipinski definition) is 2. The first-order valence-electron chi connectivity index (χ1n) is 12.2. The van der Waals surface area contributed by atoms with Crippen LogP contribution in [0.25, 0.3) is 27.5 Å². The van der Waals surface area contributed by atoms with Gasteiger partial charge in [-0.3, -0.25) is 14.4 Å². The van der Waals surface area contributed by atoms with Crippen LogP contribution in [0.1, 0.15) is 38.1 Å². The van der Waals surface area contributed by atoms with Gasteiger partial charge in [0.05, 0.1) is 33.8 Å². The zero-order valence-electron chi connectivity index (χ0n) is 21.3. The predicted octanol–water partition coefficient (Wildman–Crippen LogP) is 3.74. The zero-order chi connectivity index (χ0) is 26.6. The van der Waals surface area contributed by atoms with Crippen molar-refractivity contribution in [2.45, 2.75) is 33.7 Å². The molecule has 0 saturated carbocycles. The van der Waals surface area contributed by atoms with Crippen molar-refractivity contribution in [3.63, 3.8) is 0 Å². The first-order valence-corrected chi connectivity index (χ1v) is 14.7. The van der Waals surface area contributed by atoms with E-state index in [1.165, 1.54) is 13.0 Å². The van der Waals surface area contributed by atoms with Gasteiger partial charge in [0.25, 0.3) is 5.91 Å². The number of fused-ring (bicyclic) bond motifs is 1. The Morgan fingerprint density at radius 1 is 1.14 bits per heavy atom. The third kappa shape index (κ3) is 6.14. The fourth-order valence-electron chi connectivity index (χ4n) is 4.01. The lowest BCUT2D eigenvalue weighted by molar-refractivity contribution is 0.0938. The van der Waals surface area contributed by atoms with Gasteiger partial charge in [0, 0.05) is 24.3 Å². The molecule has 4 aromatic rings. The summed E-state index contributed by atoms with van der Waals surface area (Å²) < 4.78 is 28.7. The van der Waals surface area contributed by atoms with Crippen molar-refractivity contribution in [2.24, 2.45) is 0 Å². The molecule has 0 saturated heterocycles. The van der Waals surface area contributed by atoms with E-state index in [1.807, 2.05) is 29.8 Å². The van der Waals surface area contributed by atoms with E-state index in [-0.39, 0.29) is 23.5 Å². The van der Waals surface area contributed by atoms with Crippen molar-refractivity contribution in [3.05, 3.63) is 53.7 Å². The number of nitrogens with one attached hydrogen (secondary N) is 2. The summed E-state index contributed by atoms with van der Waals surface area (Å²) >= 11 is 1.58. The SMILES string of the molecule is CCN(CC)C(C)CNC(=O)c1cc(NS(=O)(=O)CC)nc(-c2cnn3ccc(-c4cccs4)nc23)c1. The normalized spacial score (nSPS) is 12.7. The lowest BCUT2D eigenvalue weighted by Crippen LogP contribution is -2.42. The standard InChI is InChI=1S/C25H31N7O3S2/c1-5-31(6-2)17(4)15-26-25(33)18-13-21(28-23(14-18)30-37(34,35)7-3)19-16-27-32-11-10-20(29-24(19)32)22-9-8-12-36-22/h8-14,16-17H,5-7,15H2,1-4H3,(H,26,33)(H,28,30). The molecule has 196 valence electrons. The van der Waals surface area contributed by atoms with Gasteiger partial charge in [-0.15, -0.1) is 11.3 Å². The summed E-state index contributed by atoms with van der Waals surface area (Å²) in [6.45, 7) is 9.97. The molecule has 0 radical (unpaired) electrons. The minimum atomic E-state index is -3.61. The van der Waals surface area contributed by atoms with Crippen LogP contribution in [0.3, 0.4) is 0 Å². The number of carbonyl (C=O) groups is 1. The molecule has 1 amide bonds. The molecule has 0 bridgehead atoms. The number of rotatable bonds is 11. The summed E-state index contributed by atoms with van der Waals surface area (Å²) in [5.41, 5.74) is 2.61. The molecule has 4 heterocycles. The van der Waals surface area contributed by atoms with Crippen LogP contribution in [0.2, 0.25) is 0 Å². The molecule has 4 rings (SSSR count). The molecule has 0 aliphatic carbocycles. The Morgan fingerprint density at radius 2 is 1.92 bits per heavy atom. The van der Waals surface area contributed by atoms with Crippen LogP contribution in [-0.2, 0) is 10.0 Å². The molecule has 0 aromatic carbocycles. The zero-order valence-corrected chi connectivity index (χ0v) is 22.9. The van der Waals surface area contributed by atoms with Gasteiger partial charge >= 0.3 is 0 Å². The maximum atomic E-state index is 13.2. The van der Waals surface area contributed by atoms with Crippen LogP contribution in [0.15, 0.2) is 48.1 Å². The molecule has 37 heavy (non-hydrogen) atoms. The summed E-state index contributed by atoms with van der Waals surface area (Å²) in [5.74, 6) is -0.372. The van der Waals surface area contributed by atoms with Gasteiger partial charge in [-0.05, 0) is 56.6 Å². The number of aromatic nitrogens is 4. The van der Waals surface area contributed by atoms with E-state index in [1.54, 1.807) is 28.1 Å². The number of amides is 1. The largest absolute Gasteiger partial charge is 0.350 e. The Kier molecular flexibility index (Phi) is 8.20. The quantitative estimate of drug-likeness (QED) is 0.297. The third-order valence-electron chi connectivity index (χ3n) is 6.14. The number of carbonyl (C=O) groups excluding carboxylic acids is 1. The van der Waals surface area contributed by atoms with Gasteiger partial charge in [-0.1, -0.05) is 19.9 Å². The molecule has 0 spiro atoms. The van der Waals surface area contributed by atoms with Gasteiger partial charge in [-0.2, -0.15) is 5.10 Å². The molecule has 0 aliphatic heterocycles. The van der Waals surface area contributed by atoms with Crippen LogP contribution in [0.5, 0.6) is 0 Å². The van der Waals surface area contributed by atoms with Crippen LogP contribution >= 0.6 is 11.3 Å². The fourth-order valence-corrected chi connectivity index (χ4v) is 5.28. The highest BCUT2D eigenvalue weighted by Gasteiger charge is 2.19. The van der Waals surface area contributed by atoms with Crippen LogP contribution in [0.4, 0.5) is 5.82 Å². The van der Waals surface area contributed by atoms with Crippen LogP contribution < -0.4 is 10.0 Å². The predicted molar refractivity (Wildman–Crippen MR) is 147 cm³/mol. The van der Waals surface area contributed by atoms with Crippen molar-refractivity contribution in [1.29, 1.82) is 0 Å². The molecule has 0 fully saturated rings. The van der Waals surface area contributed by atoms with E-state index in [0.717, 1.165) is 23.7 Å². The molecule has 10 nitrogen and oxygen atoms in total. The molecule has 2 N–H and O–H groups in total. The lowest BCUT2D eigenvalue weighted by Gasteiger charge is -2.26. The average Bonchev–Trinajstić information content (AvgIpc) is 3.57. The minimum absolute atomic E-state index is 0.0649. The lowest BCUT2D eigenvalue weighted by atomic mass is 10.1. The Morgan fingerprint density at radius 3 is 2.59 bits per heavy atom. The van der Waals surface area contributed by atoms with E-state index in [9.17, 15) is 13.2 Å². The molecule has 1 unspecified atom stereocenters. The van der Waals surface area contributed by atoms with Gasteiger partial charge in [0.1, 0.15) is 5.82 Å². The van der Waals surface area contributed by atoms with Crippen molar-refractivity contribution in [2.75, 3.05) is 30.1 Å². The summed E-state index contributed by atoms with van der Waals surface area (Å²) in [7, 11) is -3.61. The Balaban J connectivity index is 1.73. The number of likely N-dealkylation sites (N-methyl/N-ethyl adjacent to an activating group) is 1. The van der Waals surface area contributed by atoms with Crippen molar-refractivity contribution in [3.8, 4) is 21.8 Å².